The highest BCUT2D eigenvalue weighted by Gasteiger charge is 2.28. The summed E-state index contributed by atoms with van der Waals surface area (Å²) in [6.45, 7) is 1.73. The van der Waals surface area contributed by atoms with E-state index >= 15 is 0 Å². The van der Waals surface area contributed by atoms with E-state index < -0.39 is 17.7 Å². The van der Waals surface area contributed by atoms with Crippen LogP contribution < -0.4 is 16.3 Å². The van der Waals surface area contributed by atoms with Crippen molar-refractivity contribution in [3.63, 3.8) is 0 Å². The molecule has 174 valence electrons. The molecule has 0 fully saturated rings. The zero-order valence-electron chi connectivity index (χ0n) is 18.1. The van der Waals surface area contributed by atoms with Gasteiger partial charge in [0.25, 0.3) is 11.8 Å². The molecule has 4 rings (SSSR count). The van der Waals surface area contributed by atoms with E-state index in [0.717, 1.165) is 6.42 Å². The first-order valence-electron chi connectivity index (χ1n) is 10.5. The van der Waals surface area contributed by atoms with Crippen LogP contribution in [-0.2, 0) is 6.42 Å². The third-order valence-electron chi connectivity index (χ3n) is 5.32. The number of nitrogens with zero attached hydrogens (tertiary/aromatic N) is 1. The summed E-state index contributed by atoms with van der Waals surface area (Å²) < 4.78 is 5.80. The van der Waals surface area contributed by atoms with E-state index in [4.69, 9.17) is 27.6 Å². The van der Waals surface area contributed by atoms with E-state index in [2.05, 4.69) is 21.4 Å². The van der Waals surface area contributed by atoms with E-state index in [-0.39, 0.29) is 16.3 Å². The molecule has 1 aliphatic carbocycles. The quantitative estimate of drug-likeness (QED) is 0.461. The predicted octanol–water partition coefficient (Wildman–Crippen LogP) is 4.44. The first-order chi connectivity index (χ1) is 16.3. The Morgan fingerprint density at radius 3 is 2.47 bits per heavy atom. The molecule has 0 atom stereocenters. The van der Waals surface area contributed by atoms with Crippen molar-refractivity contribution >= 4 is 46.6 Å². The minimum Gasteiger partial charge on any atom is -0.455 e. The van der Waals surface area contributed by atoms with E-state index in [0.29, 0.717) is 46.0 Å². The standard InChI is InChI=1S/C24H20Cl2N4O4/c1-13-20-18(27-28-22(31)14-6-4-7-15(25)12-14)10-5-11-19(20)34-21(13)24(33)30-29-23(32)16-8-2-3-9-17(16)26/h2-4,6-9,12H,5,10-11H2,1H3,(H,28,31)(H,29,32)(H,30,33)/b27-18+. The lowest BCUT2D eigenvalue weighted by atomic mass is 9.93. The SMILES string of the molecule is Cc1c(C(=O)NNC(=O)c2ccccc2Cl)oc2c1/C(=N/NC(=O)c1cccc(Cl)c1)CCC2. The molecule has 34 heavy (non-hydrogen) atoms. The summed E-state index contributed by atoms with van der Waals surface area (Å²) in [6, 6.07) is 13.0. The van der Waals surface area contributed by atoms with Gasteiger partial charge in [-0.25, -0.2) is 5.43 Å². The van der Waals surface area contributed by atoms with Crippen LogP contribution in [0.15, 0.2) is 58.0 Å². The molecule has 0 saturated heterocycles. The Labute approximate surface area is 205 Å². The van der Waals surface area contributed by atoms with Gasteiger partial charge in [0.2, 0.25) is 0 Å². The van der Waals surface area contributed by atoms with Crippen LogP contribution in [0.1, 0.15) is 61.0 Å². The number of carbonyl (C=O) groups is 3. The molecular formula is C24H20Cl2N4O4. The summed E-state index contributed by atoms with van der Waals surface area (Å²) >= 11 is 12.0. The minimum atomic E-state index is -0.616. The van der Waals surface area contributed by atoms with Crippen molar-refractivity contribution in [1.82, 2.24) is 16.3 Å². The highest BCUT2D eigenvalue weighted by Crippen LogP contribution is 2.30. The van der Waals surface area contributed by atoms with Crippen LogP contribution in [-0.4, -0.2) is 23.4 Å². The zero-order chi connectivity index (χ0) is 24.2. The Bertz CT molecular complexity index is 1320. The zero-order valence-corrected chi connectivity index (χ0v) is 19.6. The molecule has 0 aliphatic heterocycles. The third kappa shape index (κ3) is 4.98. The van der Waals surface area contributed by atoms with Gasteiger partial charge in [-0.1, -0.05) is 41.4 Å². The number of hydrazone groups is 1. The number of furan rings is 1. The van der Waals surface area contributed by atoms with E-state index in [1.807, 2.05) is 0 Å². The second kappa shape index (κ2) is 10.1. The largest absolute Gasteiger partial charge is 0.455 e. The molecule has 1 aliphatic rings. The van der Waals surface area contributed by atoms with Crippen LogP contribution >= 0.6 is 23.2 Å². The number of hydrogen-bond donors (Lipinski definition) is 3. The normalized spacial score (nSPS) is 13.8. The van der Waals surface area contributed by atoms with Crippen molar-refractivity contribution in [3.05, 3.63) is 92.4 Å². The maximum atomic E-state index is 12.7. The molecule has 1 heterocycles. The van der Waals surface area contributed by atoms with Gasteiger partial charge in [-0.2, -0.15) is 5.10 Å². The number of aryl methyl sites for hydroxylation is 1. The van der Waals surface area contributed by atoms with Gasteiger partial charge in [-0.3, -0.25) is 25.2 Å². The van der Waals surface area contributed by atoms with Crippen LogP contribution in [0.25, 0.3) is 0 Å². The number of rotatable bonds is 4. The van der Waals surface area contributed by atoms with Crippen molar-refractivity contribution in [2.24, 2.45) is 5.10 Å². The molecule has 8 nitrogen and oxygen atoms in total. The van der Waals surface area contributed by atoms with Crippen molar-refractivity contribution < 1.29 is 18.8 Å². The average Bonchev–Trinajstić information content (AvgIpc) is 3.18. The first-order valence-corrected chi connectivity index (χ1v) is 11.2. The third-order valence-corrected chi connectivity index (χ3v) is 5.88. The second-order valence-electron chi connectivity index (χ2n) is 7.61. The van der Waals surface area contributed by atoms with Gasteiger partial charge in [0.05, 0.1) is 16.3 Å². The molecule has 3 amide bonds. The number of hydrazine groups is 1. The Kier molecular flexibility index (Phi) is 7.00. The summed E-state index contributed by atoms with van der Waals surface area (Å²) in [6.07, 6.45) is 1.97. The summed E-state index contributed by atoms with van der Waals surface area (Å²) in [7, 11) is 0. The van der Waals surface area contributed by atoms with Gasteiger partial charge >= 0.3 is 5.91 Å². The fourth-order valence-electron chi connectivity index (χ4n) is 3.69. The molecule has 3 N–H and O–H groups in total. The van der Waals surface area contributed by atoms with Crippen molar-refractivity contribution in [2.75, 3.05) is 0 Å². The van der Waals surface area contributed by atoms with Gasteiger partial charge < -0.3 is 4.42 Å². The molecule has 0 spiro atoms. The fourth-order valence-corrected chi connectivity index (χ4v) is 4.10. The van der Waals surface area contributed by atoms with Crippen molar-refractivity contribution in [3.8, 4) is 0 Å². The molecule has 2 aromatic carbocycles. The minimum absolute atomic E-state index is 0.0558. The van der Waals surface area contributed by atoms with Gasteiger partial charge in [0.1, 0.15) is 5.76 Å². The smallest absolute Gasteiger partial charge is 0.305 e. The summed E-state index contributed by atoms with van der Waals surface area (Å²) in [5.41, 5.74) is 9.70. The lowest BCUT2D eigenvalue weighted by Gasteiger charge is -2.13. The predicted molar refractivity (Wildman–Crippen MR) is 128 cm³/mol. The number of nitrogens with one attached hydrogen (secondary N) is 3. The van der Waals surface area contributed by atoms with Gasteiger partial charge in [0, 0.05) is 28.1 Å². The Hall–Kier alpha value is -3.62. The molecule has 3 aromatic rings. The average molecular weight is 499 g/mol. The molecule has 0 saturated carbocycles. The van der Waals surface area contributed by atoms with Gasteiger partial charge in [-0.05, 0) is 50.1 Å². The van der Waals surface area contributed by atoms with Gasteiger partial charge in [-0.15, -0.1) is 0 Å². The lowest BCUT2D eigenvalue weighted by molar-refractivity contribution is 0.0829. The van der Waals surface area contributed by atoms with Crippen LogP contribution in [0.2, 0.25) is 10.0 Å². The Morgan fingerprint density at radius 2 is 1.71 bits per heavy atom. The molecule has 0 unspecified atom stereocenters. The van der Waals surface area contributed by atoms with Crippen LogP contribution in [0.4, 0.5) is 0 Å². The fraction of sp³-hybridized carbons (Fsp3) is 0.167. The van der Waals surface area contributed by atoms with E-state index in [1.54, 1.807) is 55.5 Å². The number of halogens is 2. The molecule has 0 bridgehead atoms. The Balaban J connectivity index is 1.49. The maximum absolute atomic E-state index is 12.7. The number of fused-ring (bicyclic) bond motifs is 1. The van der Waals surface area contributed by atoms with Crippen LogP contribution in [0.3, 0.4) is 0 Å². The van der Waals surface area contributed by atoms with Crippen LogP contribution in [0.5, 0.6) is 0 Å². The van der Waals surface area contributed by atoms with E-state index in [9.17, 15) is 14.4 Å². The summed E-state index contributed by atoms with van der Waals surface area (Å²) in [5.74, 6) is -0.917. The maximum Gasteiger partial charge on any atom is 0.305 e. The summed E-state index contributed by atoms with van der Waals surface area (Å²) in [4.78, 5) is 37.5. The number of carbonyl (C=O) groups excluding carboxylic acids is 3. The van der Waals surface area contributed by atoms with Crippen molar-refractivity contribution in [1.29, 1.82) is 0 Å². The lowest BCUT2D eigenvalue weighted by Crippen LogP contribution is -2.41. The topological polar surface area (TPSA) is 113 Å². The monoisotopic (exact) mass is 498 g/mol. The summed E-state index contributed by atoms with van der Waals surface area (Å²) in [5, 5.41) is 5.00. The van der Waals surface area contributed by atoms with E-state index in [1.165, 1.54) is 0 Å². The highest BCUT2D eigenvalue weighted by atomic mass is 35.5. The first kappa shape index (κ1) is 23.5. The molecular weight excluding hydrogens is 479 g/mol. The highest BCUT2D eigenvalue weighted by molar-refractivity contribution is 6.33. The second-order valence-corrected chi connectivity index (χ2v) is 8.45. The van der Waals surface area contributed by atoms with Crippen LogP contribution in [0, 0.1) is 6.92 Å². The molecule has 10 heteroatoms. The number of benzene rings is 2. The van der Waals surface area contributed by atoms with Crippen molar-refractivity contribution in [2.45, 2.75) is 26.2 Å². The number of hydrogen-bond acceptors (Lipinski definition) is 5. The van der Waals surface area contributed by atoms with Gasteiger partial charge in [0.15, 0.2) is 5.76 Å². The molecule has 1 aromatic heterocycles. The Morgan fingerprint density at radius 1 is 0.941 bits per heavy atom. The molecule has 0 radical (unpaired) electrons. The number of amides is 3.